The van der Waals surface area contributed by atoms with Crippen molar-refractivity contribution in [1.82, 2.24) is 10.6 Å². The van der Waals surface area contributed by atoms with Crippen LogP contribution in [0.5, 0.6) is 11.5 Å². The lowest BCUT2D eigenvalue weighted by Crippen LogP contribution is -2.45. The van der Waals surface area contributed by atoms with E-state index in [0.717, 1.165) is 0 Å². The highest BCUT2D eigenvalue weighted by molar-refractivity contribution is 6.04. The number of nitrogens with one attached hydrogen (secondary N) is 2. The predicted molar refractivity (Wildman–Crippen MR) is 99.3 cm³/mol. The zero-order chi connectivity index (χ0) is 19.4. The molecule has 0 bridgehead atoms. The van der Waals surface area contributed by atoms with E-state index in [0.29, 0.717) is 28.3 Å². The lowest BCUT2D eigenvalue weighted by molar-refractivity contribution is -0.136. The van der Waals surface area contributed by atoms with Gasteiger partial charge in [-0.2, -0.15) is 0 Å². The minimum atomic E-state index is -0.772. The normalized spacial score (nSPS) is 16.3. The third-order valence-corrected chi connectivity index (χ3v) is 4.29. The van der Waals surface area contributed by atoms with Crippen LogP contribution < -0.4 is 20.1 Å². The number of benzene rings is 2. The Kier molecular flexibility index (Phi) is 5.30. The van der Waals surface area contributed by atoms with Crippen molar-refractivity contribution < 1.29 is 23.8 Å². The molecule has 0 saturated heterocycles. The van der Waals surface area contributed by atoms with Gasteiger partial charge < -0.3 is 24.8 Å². The van der Waals surface area contributed by atoms with Crippen LogP contribution in [0.4, 0.5) is 4.79 Å². The molecule has 1 atom stereocenters. The number of rotatable bonds is 5. The third-order valence-electron chi connectivity index (χ3n) is 4.29. The highest BCUT2D eigenvalue weighted by Crippen LogP contribution is 2.37. The number of carbonyl (C=O) groups is 2. The summed E-state index contributed by atoms with van der Waals surface area (Å²) in [5.74, 6) is 0.525. The number of hydrogen-bond acceptors (Lipinski definition) is 5. The quantitative estimate of drug-likeness (QED) is 0.793. The number of carbonyl (C=O) groups excluding carboxylic acids is 2. The molecule has 1 unspecified atom stereocenters. The summed E-state index contributed by atoms with van der Waals surface area (Å²) in [5, 5.41) is 5.50. The van der Waals surface area contributed by atoms with Gasteiger partial charge in [0.15, 0.2) is 0 Å². The molecule has 7 heteroatoms. The second kappa shape index (κ2) is 7.82. The summed E-state index contributed by atoms with van der Waals surface area (Å²) in [4.78, 5) is 25.0. The predicted octanol–water partition coefficient (Wildman–Crippen LogP) is 2.64. The van der Waals surface area contributed by atoms with Gasteiger partial charge >= 0.3 is 12.0 Å². The topological polar surface area (TPSA) is 85.9 Å². The van der Waals surface area contributed by atoms with E-state index in [-0.39, 0.29) is 5.57 Å². The maximum absolute atomic E-state index is 12.7. The van der Waals surface area contributed by atoms with Crippen molar-refractivity contribution in [3.05, 3.63) is 65.2 Å². The number of hydrogen-bond donors (Lipinski definition) is 2. The molecular weight excluding hydrogens is 348 g/mol. The summed E-state index contributed by atoms with van der Waals surface area (Å²) in [6, 6.07) is 13.1. The van der Waals surface area contributed by atoms with Crippen molar-refractivity contribution in [3.63, 3.8) is 0 Å². The highest BCUT2D eigenvalue weighted by Gasteiger charge is 2.35. The zero-order valence-corrected chi connectivity index (χ0v) is 15.2. The number of methoxy groups -OCH3 is 3. The van der Waals surface area contributed by atoms with E-state index < -0.39 is 18.0 Å². The van der Waals surface area contributed by atoms with Crippen molar-refractivity contribution in [1.29, 1.82) is 0 Å². The first-order valence-corrected chi connectivity index (χ1v) is 8.26. The SMILES string of the molecule is COC(=O)C1=C(c2ccccc2)NC(=O)NC1c1cc(OC)ccc1OC. The largest absolute Gasteiger partial charge is 0.497 e. The van der Waals surface area contributed by atoms with Crippen molar-refractivity contribution in [2.75, 3.05) is 21.3 Å². The first-order valence-electron chi connectivity index (χ1n) is 8.26. The number of urea groups is 1. The van der Waals surface area contributed by atoms with E-state index in [1.54, 1.807) is 25.3 Å². The Morgan fingerprint density at radius 1 is 1.00 bits per heavy atom. The van der Waals surface area contributed by atoms with E-state index in [1.807, 2.05) is 30.3 Å². The standard InChI is InChI=1S/C20H20N2O5/c1-25-13-9-10-15(26-2)14(11-13)18-16(19(23)27-3)17(21-20(24)22-18)12-7-5-4-6-8-12/h4-11,18H,1-3H3,(H2,21,22,24). The lowest BCUT2D eigenvalue weighted by atomic mass is 9.92. The summed E-state index contributed by atoms with van der Waals surface area (Å²) in [6.07, 6.45) is 0. The molecule has 0 aromatic heterocycles. The minimum absolute atomic E-state index is 0.273. The number of esters is 1. The van der Waals surface area contributed by atoms with Gasteiger partial charge in [0.05, 0.1) is 38.6 Å². The molecule has 27 heavy (non-hydrogen) atoms. The van der Waals surface area contributed by atoms with Gasteiger partial charge in [-0.3, -0.25) is 0 Å². The zero-order valence-electron chi connectivity index (χ0n) is 15.2. The van der Waals surface area contributed by atoms with Crippen molar-refractivity contribution in [2.45, 2.75) is 6.04 Å². The van der Waals surface area contributed by atoms with Gasteiger partial charge in [-0.05, 0) is 23.8 Å². The summed E-state index contributed by atoms with van der Waals surface area (Å²) in [7, 11) is 4.36. The average Bonchev–Trinajstić information content (AvgIpc) is 2.72. The van der Waals surface area contributed by atoms with Crippen LogP contribution in [-0.2, 0) is 9.53 Å². The lowest BCUT2D eigenvalue weighted by Gasteiger charge is -2.30. The summed E-state index contributed by atoms with van der Waals surface area (Å²) in [5.41, 5.74) is 1.94. The van der Waals surface area contributed by atoms with Gasteiger partial charge in [0.1, 0.15) is 11.5 Å². The second-order valence-corrected chi connectivity index (χ2v) is 5.79. The first kappa shape index (κ1) is 18.3. The maximum atomic E-state index is 12.7. The summed E-state index contributed by atoms with van der Waals surface area (Å²) in [6.45, 7) is 0. The van der Waals surface area contributed by atoms with Crippen LogP contribution in [-0.4, -0.2) is 33.3 Å². The van der Waals surface area contributed by atoms with E-state index in [2.05, 4.69) is 10.6 Å². The second-order valence-electron chi connectivity index (χ2n) is 5.79. The van der Waals surface area contributed by atoms with Crippen LogP contribution in [0.2, 0.25) is 0 Å². The Morgan fingerprint density at radius 2 is 1.74 bits per heavy atom. The van der Waals surface area contributed by atoms with E-state index >= 15 is 0 Å². The molecule has 2 aromatic rings. The molecule has 2 amide bonds. The molecule has 3 rings (SSSR count). The van der Waals surface area contributed by atoms with E-state index in [9.17, 15) is 9.59 Å². The average molecular weight is 368 g/mol. The van der Waals surface area contributed by atoms with Gasteiger partial charge in [0.25, 0.3) is 0 Å². The maximum Gasteiger partial charge on any atom is 0.338 e. The first-order chi connectivity index (χ1) is 13.1. The smallest absolute Gasteiger partial charge is 0.338 e. The van der Waals surface area contributed by atoms with Crippen molar-refractivity contribution in [3.8, 4) is 11.5 Å². The molecule has 0 fully saturated rings. The Labute approximate surface area is 156 Å². The van der Waals surface area contributed by atoms with E-state index in [1.165, 1.54) is 14.2 Å². The molecule has 0 saturated carbocycles. The molecule has 1 aliphatic heterocycles. The Morgan fingerprint density at radius 3 is 2.37 bits per heavy atom. The molecule has 2 N–H and O–H groups in total. The van der Waals surface area contributed by atoms with Crippen LogP contribution in [0.15, 0.2) is 54.1 Å². The highest BCUT2D eigenvalue weighted by atomic mass is 16.5. The van der Waals surface area contributed by atoms with Gasteiger partial charge in [0, 0.05) is 5.56 Å². The van der Waals surface area contributed by atoms with Gasteiger partial charge in [0.2, 0.25) is 0 Å². The molecule has 2 aromatic carbocycles. The monoisotopic (exact) mass is 368 g/mol. The van der Waals surface area contributed by atoms with Crippen molar-refractivity contribution >= 4 is 17.7 Å². The molecule has 0 aliphatic carbocycles. The minimum Gasteiger partial charge on any atom is -0.497 e. The fourth-order valence-electron chi connectivity index (χ4n) is 3.03. The Balaban J connectivity index is 2.24. The molecule has 7 nitrogen and oxygen atoms in total. The van der Waals surface area contributed by atoms with E-state index in [4.69, 9.17) is 14.2 Å². The van der Waals surface area contributed by atoms with Crippen molar-refractivity contribution in [2.24, 2.45) is 0 Å². The van der Waals surface area contributed by atoms with Crippen LogP contribution in [0.1, 0.15) is 17.2 Å². The Hall–Kier alpha value is -3.48. The van der Waals surface area contributed by atoms with Crippen LogP contribution >= 0.6 is 0 Å². The molecule has 1 heterocycles. The summed E-state index contributed by atoms with van der Waals surface area (Å²) >= 11 is 0. The third kappa shape index (κ3) is 3.57. The number of ether oxygens (including phenoxy) is 3. The fourth-order valence-corrected chi connectivity index (χ4v) is 3.03. The molecule has 140 valence electrons. The van der Waals surface area contributed by atoms with Gasteiger partial charge in [-0.1, -0.05) is 30.3 Å². The summed E-state index contributed by atoms with van der Waals surface area (Å²) < 4.78 is 15.7. The molecule has 0 radical (unpaired) electrons. The van der Waals surface area contributed by atoms with Crippen LogP contribution in [0.3, 0.4) is 0 Å². The Bertz CT molecular complexity index is 893. The number of amides is 2. The van der Waals surface area contributed by atoms with Crippen LogP contribution in [0.25, 0.3) is 5.70 Å². The molecule has 0 spiro atoms. The van der Waals surface area contributed by atoms with Gasteiger partial charge in [-0.15, -0.1) is 0 Å². The fraction of sp³-hybridized carbons (Fsp3) is 0.200. The van der Waals surface area contributed by atoms with Gasteiger partial charge in [-0.25, -0.2) is 9.59 Å². The molecular formula is C20H20N2O5. The van der Waals surface area contributed by atoms with Crippen LogP contribution in [0, 0.1) is 0 Å². The molecule has 1 aliphatic rings.